The summed E-state index contributed by atoms with van der Waals surface area (Å²) in [5.41, 5.74) is 0.955. The van der Waals surface area contributed by atoms with E-state index < -0.39 is 23.6 Å². The van der Waals surface area contributed by atoms with Crippen molar-refractivity contribution in [2.24, 2.45) is 39.4 Å². The van der Waals surface area contributed by atoms with E-state index in [1.165, 1.54) is 11.1 Å². The van der Waals surface area contributed by atoms with Crippen LogP contribution in [0, 0.1) is 39.4 Å². The third-order valence-electron chi connectivity index (χ3n) is 13.0. The van der Waals surface area contributed by atoms with Gasteiger partial charge in [-0.2, -0.15) is 0 Å². The van der Waals surface area contributed by atoms with Crippen molar-refractivity contribution in [3.8, 4) is 0 Å². The average Bonchev–Trinajstić information content (AvgIpc) is 3.15. The maximum atomic E-state index is 12.0. The van der Waals surface area contributed by atoms with Gasteiger partial charge >= 0.3 is 0 Å². The van der Waals surface area contributed by atoms with Gasteiger partial charge in [-0.05, 0) is 79.4 Å². The van der Waals surface area contributed by atoms with Crippen LogP contribution < -0.4 is 0 Å². The molecule has 6 nitrogen and oxygen atoms in total. The molecule has 2 saturated carbocycles. The van der Waals surface area contributed by atoms with E-state index in [0.717, 1.165) is 32.1 Å². The molecule has 0 bridgehead atoms. The Morgan fingerprint density at radius 3 is 2.22 bits per heavy atom. The molecule has 12 unspecified atom stereocenters. The third kappa shape index (κ3) is 2.85. The lowest BCUT2D eigenvalue weighted by atomic mass is 9.42. The number of aliphatic hydroxyl groups excluding tert-OH is 3. The Bertz CT molecular complexity index is 988. The first-order valence-electron chi connectivity index (χ1n) is 14.4. The Labute approximate surface area is 216 Å². The fraction of sp³-hybridized carbons (Fsp3) is 0.933. The monoisotopic (exact) mass is 504 g/mol. The van der Waals surface area contributed by atoms with Gasteiger partial charge in [-0.3, -0.25) is 0 Å². The molecule has 4 fully saturated rings. The van der Waals surface area contributed by atoms with E-state index in [0.29, 0.717) is 18.8 Å². The Balaban J connectivity index is 1.42. The van der Waals surface area contributed by atoms with Crippen LogP contribution in [-0.4, -0.2) is 62.8 Å². The van der Waals surface area contributed by atoms with Crippen molar-refractivity contribution in [3.05, 3.63) is 11.1 Å². The summed E-state index contributed by atoms with van der Waals surface area (Å²) < 4.78 is 12.7. The zero-order valence-corrected chi connectivity index (χ0v) is 23.3. The average molecular weight is 505 g/mol. The number of ether oxygens (including phenoxy) is 2. The Kier molecular flexibility index (Phi) is 5.27. The van der Waals surface area contributed by atoms with Crippen LogP contribution in [0.1, 0.15) is 93.4 Å². The molecule has 6 aliphatic rings. The van der Waals surface area contributed by atoms with Gasteiger partial charge in [0.05, 0.1) is 24.9 Å². The zero-order chi connectivity index (χ0) is 26.3. The second kappa shape index (κ2) is 7.37. The zero-order valence-electron chi connectivity index (χ0n) is 23.3. The summed E-state index contributed by atoms with van der Waals surface area (Å²) in [6.07, 6.45) is 3.88. The van der Waals surface area contributed by atoms with Crippen LogP contribution >= 0.6 is 0 Å². The molecule has 204 valence electrons. The van der Waals surface area contributed by atoms with Gasteiger partial charge in [0.15, 0.2) is 5.79 Å². The molecule has 0 aromatic rings. The molecule has 6 rings (SSSR count). The fourth-order valence-corrected chi connectivity index (χ4v) is 10.9. The molecule has 0 amide bonds. The molecule has 6 heteroatoms. The van der Waals surface area contributed by atoms with Gasteiger partial charge < -0.3 is 29.9 Å². The standard InChI is InChI=1S/C30H48O6/c1-16-13-30(24(33)28(6,34)15-35-30)36-19-14-27(5)17-8-9-20-25(2,3)21(31)10-11-26(20,4)18(17)12-22(32)29(27,7)23(16)19/h16,19-24,31-34H,8-15H2,1-7H3. The summed E-state index contributed by atoms with van der Waals surface area (Å²) in [4.78, 5) is 0. The molecule has 4 N–H and O–H groups in total. The topological polar surface area (TPSA) is 99.4 Å². The number of fused-ring (bicyclic) bond motifs is 6. The van der Waals surface area contributed by atoms with Crippen molar-refractivity contribution in [1.82, 2.24) is 0 Å². The normalized spacial score (nSPS) is 59.9. The van der Waals surface area contributed by atoms with Crippen molar-refractivity contribution in [3.63, 3.8) is 0 Å². The summed E-state index contributed by atoms with van der Waals surface area (Å²) in [5, 5.41) is 44.6. The minimum atomic E-state index is -1.33. The highest BCUT2D eigenvalue weighted by Gasteiger charge is 2.73. The van der Waals surface area contributed by atoms with Gasteiger partial charge in [0.2, 0.25) is 0 Å². The maximum absolute atomic E-state index is 12.0. The summed E-state index contributed by atoms with van der Waals surface area (Å²) in [7, 11) is 0. The first-order valence-corrected chi connectivity index (χ1v) is 14.4. The van der Waals surface area contributed by atoms with Crippen LogP contribution in [0.2, 0.25) is 0 Å². The van der Waals surface area contributed by atoms with Crippen LogP contribution in [0.15, 0.2) is 11.1 Å². The van der Waals surface area contributed by atoms with Crippen molar-refractivity contribution in [2.75, 3.05) is 6.61 Å². The second-order valence-electron chi connectivity index (χ2n) is 15.1. The molecule has 36 heavy (non-hydrogen) atoms. The van der Waals surface area contributed by atoms with E-state index in [4.69, 9.17) is 9.47 Å². The van der Waals surface area contributed by atoms with E-state index in [2.05, 4.69) is 41.5 Å². The number of rotatable bonds is 0. The Morgan fingerprint density at radius 1 is 0.889 bits per heavy atom. The SMILES string of the molecule is CC1CC2(OCC(C)(O)C2O)OC2CC3(C)C4=C(CC(O)C3(C)C12)C1(C)CCC(O)C(C)(C)C1CC4. The van der Waals surface area contributed by atoms with Gasteiger partial charge in [0, 0.05) is 11.8 Å². The first kappa shape index (κ1) is 25.8. The second-order valence-corrected chi connectivity index (χ2v) is 15.1. The van der Waals surface area contributed by atoms with Gasteiger partial charge in [0.1, 0.15) is 11.7 Å². The maximum Gasteiger partial charge on any atom is 0.198 e. The number of hydrogen-bond acceptors (Lipinski definition) is 6. The van der Waals surface area contributed by atoms with Crippen molar-refractivity contribution >= 4 is 0 Å². The van der Waals surface area contributed by atoms with E-state index in [9.17, 15) is 20.4 Å². The lowest BCUT2D eigenvalue weighted by Gasteiger charge is -2.63. The minimum absolute atomic E-state index is 0.00739. The Hall–Kier alpha value is -0.500. The number of aliphatic hydroxyl groups is 4. The molecule has 0 aromatic carbocycles. The highest BCUT2D eigenvalue weighted by molar-refractivity contribution is 5.41. The van der Waals surface area contributed by atoms with Gasteiger partial charge in [-0.1, -0.05) is 52.7 Å². The minimum Gasteiger partial charge on any atom is -0.393 e. The molecule has 0 radical (unpaired) electrons. The number of hydrogen-bond donors (Lipinski definition) is 4. The van der Waals surface area contributed by atoms with Gasteiger partial charge in [0.25, 0.3) is 0 Å². The molecule has 2 aliphatic heterocycles. The summed E-state index contributed by atoms with van der Waals surface area (Å²) >= 11 is 0. The highest BCUT2D eigenvalue weighted by Crippen LogP contribution is 2.74. The molecule has 2 heterocycles. The quantitative estimate of drug-likeness (QED) is 0.373. The molecular weight excluding hydrogens is 456 g/mol. The van der Waals surface area contributed by atoms with Crippen LogP contribution in [0.3, 0.4) is 0 Å². The van der Waals surface area contributed by atoms with E-state index in [1.807, 2.05) is 0 Å². The highest BCUT2D eigenvalue weighted by atomic mass is 16.7. The lowest BCUT2D eigenvalue weighted by molar-refractivity contribution is -0.314. The van der Waals surface area contributed by atoms with Crippen molar-refractivity contribution < 1.29 is 29.9 Å². The Morgan fingerprint density at radius 2 is 1.58 bits per heavy atom. The van der Waals surface area contributed by atoms with Crippen molar-refractivity contribution in [2.45, 2.75) is 129 Å². The molecule has 12 atom stereocenters. The molecular formula is C30H48O6. The third-order valence-corrected chi connectivity index (χ3v) is 13.0. The molecule has 2 saturated heterocycles. The van der Waals surface area contributed by atoms with Crippen molar-refractivity contribution in [1.29, 1.82) is 0 Å². The summed E-state index contributed by atoms with van der Waals surface area (Å²) in [5.74, 6) is -0.459. The fourth-order valence-electron chi connectivity index (χ4n) is 10.9. The van der Waals surface area contributed by atoms with E-state index >= 15 is 0 Å². The summed E-state index contributed by atoms with van der Waals surface area (Å²) in [6.45, 7) is 15.4. The predicted octanol–water partition coefficient (Wildman–Crippen LogP) is 3.94. The van der Waals surface area contributed by atoms with E-state index in [-0.39, 0.29) is 52.3 Å². The largest absolute Gasteiger partial charge is 0.393 e. The van der Waals surface area contributed by atoms with Crippen LogP contribution in [0.25, 0.3) is 0 Å². The lowest BCUT2D eigenvalue weighted by Crippen LogP contribution is -2.61. The van der Waals surface area contributed by atoms with Crippen LogP contribution in [0.5, 0.6) is 0 Å². The predicted molar refractivity (Wildman–Crippen MR) is 136 cm³/mol. The molecule has 0 aromatic heterocycles. The first-order chi connectivity index (χ1) is 16.5. The summed E-state index contributed by atoms with van der Waals surface area (Å²) in [6, 6.07) is 0. The number of allylic oxidation sites excluding steroid dienone is 1. The molecule has 1 spiro atoms. The van der Waals surface area contributed by atoms with Crippen LogP contribution in [-0.2, 0) is 9.47 Å². The van der Waals surface area contributed by atoms with E-state index in [1.54, 1.807) is 6.92 Å². The molecule has 4 aliphatic carbocycles. The smallest absolute Gasteiger partial charge is 0.198 e. The van der Waals surface area contributed by atoms with Gasteiger partial charge in [-0.15, -0.1) is 0 Å². The van der Waals surface area contributed by atoms with Gasteiger partial charge in [-0.25, -0.2) is 0 Å². The van der Waals surface area contributed by atoms with Crippen LogP contribution in [0.4, 0.5) is 0 Å².